The number of halogens is 2. The third kappa shape index (κ3) is 3.56. The lowest BCUT2D eigenvalue weighted by molar-refractivity contribution is 0.00316. The van der Waals surface area contributed by atoms with E-state index >= 15 is 0 Å². The number of ketones is 1. The quantitative estimate of drug-likeness (QED) is 0.762. The van der Waals surface area contributed by atoms with Crippen LogP contribution >= 0.6 is 0 Å². The molecule has 0 bridgehead atoms. The van der Waals surface area contributed by atoms with Gasteiger partial charge in [0.2, 0.25) is 5.78 Å². The van der Waals surface area contributed by atoms with Crippen molar-refractivity contribution in [1.29, 1.82) is 5.26 Å². The predicted molar refractivity (Wildman–Crippen MR) is 79.9 cm³/mol. The third-order valence-corrected chi connectivity index (χ3v) is 3.46. The van der Waals surface area contributed by atoms with Crippen molar-refractivity contribution in [3.63, 3.8) is 0 Å². The fraction of sp³-hybridized carbons (Fsp3) is 0.222. The van der Waals surface area contributed by atoms with Crippen molar-refractivity contribution >= 4 is 5.78 Å². The van der Waals surface area contributed by atoms with E-state index in [1.54, 1.807) is 42.5 Å². The first kappa shape index (κ1) is 15.8. The van der Waals surface area contributed by atoms with Crippen LogP contribution in [0.15, 0.2) is 54.6 Å². The van der Waals surface area contributed by atoms with E-state index in [2.05, 4.69) is 0 Å². The molecule has 2 nitrogen and oxygen atoms in total. The standard InChI is InChI=1S/C18H15F2NO/c1-13-7-9-15(10-8-13)17(22)18(19,20)11-16(12-21)14-5-3-2-4-6-14/h2-10,16H,11H2,1H3. The molecule has 1 unspecified atom stereocenters. The van der Waals surface area contributed by atoms with Crippen molar-refractivity contribution in [3.8, 4) is 6.07 Å². The first-order valence-corrected chi connectivity index (χ1v) is 6.88. The minimum absolute atomic E-state index is 0.0413. The molecule has 0 fully saturated rings. The zero-order valence-electron chi connectivity index (χ0n) is 12.1. The van der Waals surface area contributed by atoms with Crippen molar-refractivity contribution in [2.75, 3.05) is 0 Å². The molecule has 0 amide bonds. The number of nitriles is 1. The van der Waals surface area contributed by atoms with E-state index < -0.39 is 24.0 Å². The SMILES string of the molecule is Cc1ccc(C(=O)C(F)(F)CC(C#N)c2ccccc2)cc1. The highest BCUT2D eigenvalue weighted by atomic mass is 19.3. The Labute approximate surface area is 128 Å². The molecule has 0 N–H and O–H groups in total. The van der Waals surface area contributed by atoms with Gasteiger partial charge in [0.1, 0.15) is 0 Å². The number of aryl methyl sites for hydroxylation is 1. The van der Waals surface area contributed by atoms with Crippen molar-refractivity contribution in [1.82, 2.24) is 0 Å². The topological polar surface area (TPSA) is 40.9 Å². The van der Waals surface area contributed by atoms with Crippen LogP contribution in [0, 0.1) is 18.3 Å². The Morgan fingerprint density at radius 3 is 2.27 bits per heavy atom. The Bertz CT molecular complexity index is 687. The maximum absolute atomic E-state index is 14.2. The van der Waals surface area contributed by atoms with Crippen LogP contribution in [0.3, 0.4) is 0 Å². The minimum atomic E-state index is -3.58. The van der Waals surface area contributed by atoms with Gasteiger partial charge >= 0.3 is 5.92 Å². The summed E-state index contributed by atoms with van der Waals surface area (Å²) in [4.78, 5) is 12.0. The first-order valence-electron chi connectivity index (χ1n) is 6.88. The van der Waals surface area contributed by atoms with Gasteiger partial charge in [-0.15, -0.1) is 0 Å². The van der Waals surface area contributed by atoms with Gasteiger partial charge in [0.15, 0.2) is 0 Å². The molecule has 0 radical (unpaired) electrons. The number of rotatable bonds is 5. The summed E-state index contributed by atoms with van der Waals surface area (Å²) < 4.78 is 28.5. The highest BCUT2D eigenvalue weighted by molar-refractivity contribution is 6.01. The summed E-state index contributed by atoms with van der Waals surface area (Å²) in [7, 11) is 0. The molecule has 0 aromatic heterocycles. The van der Waals surface area contributed by atoms with Crippen LogP contribution in [-0.2, 0) is 0 Å². The number of alkyl halides is 2. The Hall–Kier alpha value is -2.54. The molecule has 0 saturated carbocycles. The summed E-state index contributed by atoms with van der Waals surface area (Å²) in [5.74, 6) is -5.85. The van der Waals surface area contributed by atoms with Crippen LogP contribution in [0.5, 0.6) is 0 Å². The summed E-state index contributed by atoms with van der Waals surface area (Å²) in [6.07, 6.45) is -0.819. The van der Waals surface area contributed by atoms with Gasteiger partial charge in [-0.1, -0.05) is 60.2 Å². The number of carbonyl (C=O) groups excluding carboxylic acids is 1. The highest BCUT2D eigenvalue weighted by Gasteiger charge is 2.41. The molecule has 0 heterocycles. The zero-order chi connectivity index (χ0) is 16.2. The number of Topliss-reactive ketones (excluding diaryl/α,β-unsaturated/α-hetero) is 1. The molecular weight excluding hydrogens is 284 g/mol. The van der Waals surface area contributed by atoms with Crippen molar-refractivity contribution < 1.29 is 13.6 Å². The lowest BCUT2D eigenvalue weighted by Crippen LogP contribution is -2.30. The molecule has 0 aliphatic rings. The van der Waals surface area contributed by atoms with E-state index in [0.717, 1.165) is 5.56 Å². The summed E-state index contributed by atoms with van der Waals surface area (Å²) in [5.41, 5.74) is 1.33. The van der Waals surface area contributed by atoms with E-state index in [4.69, 9.17) is 5.26 Å². The normalized spacial score (nSPS) is 12.5. The van der Waals surface area contributed by atoms with Crippen LogP contribution in [0.2, 0.25) is 0 Å². The van der Waals surface area contributed by atoms with Gasteiger partial charge in [0, 0.05) is 12.0 Å². The summed E-state index contributed by atoms with van der Waals surface area (Å²) >= 11 is 0. The van der Waals surface area contributed by atoms with E-state index in [9.17, 15) is 13.6 Å². The van der Waals surface area contributed by atoms with Gasteiger partial charge < -0.3 is 0 Å². The summed E-state index contributed by atoms with van der Waals surface area (Å²) in [6.45, 7) is 1.81. The molecule has 4 heteroatoms. The van der Waals surface area contributed by atoms with E-state index in [0.29, 0.717) is 5.56 Å². The first-order chi connectivity index (χ1) is 10.4. The fourth-order valence-electron chi connectivity index (χ4n) is 2.19. The maximum atomic E-state index is 14.2. The van der Waals surface area contributed by atoms with Crippen LogP contribution < -0.4 is 0 Å². The molecule has 0 aliphatic carbocycles. The van der Waals surface area contributed by atoms with Crippen LogP contribution in [0.25, 0.3) is 0 Å². The monoisotopic (exact) mass is 299 g/mol. The van der Waals surface area contributed by atoms with Crippen LogP contribution in [0.4, 0.5) is 8.78 Å². The van der Waals surface area contributed by atoms with Gasteiger partial charge in [-0.25, -0.2) is 0 Å². The Morgan fingerprint density at radius 1 is 1.14 bits per heavy atom. The number of nitrogens with zero attached hydrogens (tertiary/aromatic N) is 1. The van der Waals surface area contributed by atoms with Crippen LogP contribution in [-0.4, -0.2) is 11.7 Å². The smallest absolute Gasteiger partial charge is 0.287 e. The lowest BCUT2D eigenvalue weighted by atomic mass is 9.90. The van der Waals surface area contributed by atoms with E-state index in [-0.39, 0.29) is 5.56 Å². The van der Waals surface area contributed by atoms with Gasteiger partial charge in [-0.3, -0.25) is 4.79 Å². The predicted octanol–water partition coefficient (Wildman–Crippen LogP) is 4.51. The Kier molecular flexibility index (Phi) is 4.67. The van der Waals surface area contributed by atoms with Gasteiger partial charge in [0.05, 0.1) is 12.0 Å². The van der Waals surface area contributed by atoms with E-state index in [1.807, 2.05) is 13.0 Å². The van der Waals surface area contributed by atoms with Crippen molar-refractivity contribution in [2.24, 2.45) is 0 Å². The lowest BCUT2D eigenvalue weighted by Gasteiger charge is -2.18. The highest BCUT2D eigenvalue weighted by Crippen LogP contribution is 2.32. The Balaban J connectivity index is 2.21. The second-order valence-electron chi connectivity index (χ2n) is 5.20. The van der Waals surface area contributed by atoms with Gasteiger partial charge in [0.25, 0.3) is 0 Å². The Morgan fingerprint density at radius 2 is 1.73 bits per heavy atom. The molecule has 1 atom stereocenters. The summed E-state index contributed by atoms with van der Waals surface area (Å²) in [6, 6.07) is 16.2. The molecule has 0 spiro atoms. The number of hydrogen-bond acceptors (Lipinski definition) is 2. The molecule has 22 heavy (non-hydrogen) atoms. The molecule has 0 aliphatic heterocycles. The average Bonchev–Trinajstić information content (AvgIpc) is 2.53. The molecular formula is C18H15F2NO. The second-order valence-corrected chi connectivity index (χ2v) is 5.20. The van der Waals surface area contributed by atoms with Crippen LogP contribution in [0.1, 0.15) is 33.8 Å². The second kappa shape index (κ2) is 6.48. The number of benzene rings is 2. The largest absolute Gasteiger partial charge is 0.311 e. The minimum Gasteiger partial charge on any atom is -0.287 e. The molecule has 0 saturated heterocycles. The molecule has 112 valence electrons. The third-order valence-electron chi connectivity index (χ3n) is 3.46. The van der Waals surface area contributed by atoms with Crippen molar-refractivity contribution in [3.05, 3.63) is 71.3 Å². The molecule has 2 aromatic rings. The number of hydrogen-bond donors (Lipinski definition) is 0. The summed E-state index contributed by atoms with van der Waals surface area (Å²) in [5, 5.41) is 9.14. The fourth-order valence-corrected chi connectivity index (χ4v) is 2.19. The molecule has 2 rings (SSSR count). The maximum Gasteiger partial charge on any atom is 0.311 e. The number of carbonyl (C=O) groups is 1. The van der Waals surface area contributed by atoms with Crippen molar-refractivity contribution in [2.45, 2.75) is 25.2 Å². The average molecular weight is 299 g/mol. The zero-order valence-corrected chi connectivity index (χ0v) is 12.1. The van der Waals surface area contributed by atoms with Gasteiger partial charge in [-0.05, 0) is 12.5 Å². The van der Waals surface area contributed by atoms with E-state index in [1.165, 1.54) is 12.1 Å². The van der Waals surface area contributed by atoms with Gasteiger partial charge in [-0.2, -0.15) is 14.0 Å². The molecule has 2 aromatic carbocycles.